The van der Waals surface area contributed by atoms with Gasteiger partial charge in [0.25, 0.3) is 5.91 Å². The van der Waals surface area contributed by atoms with Crippen LogP contribution in [-0.2, 0) is 19.9 Å². The lowest BCUT2D eigenvalue weighted by molar-refractivity contribution is 0.0938. The van der Waals surface area contributed by atoms with Gasteiger partial charge in [0.2, 0.25) is 0 Å². The van der Waals surface area contributed by atoms with E-state index in [1.165, 1.54) is 11.1 Å². The van der Waals surface area contributed by atoms with Crippen LogP contribution in [0.25, 0.3) is 11.0 Å². The van der Waals surface area contributed by atoms with E-state index in [1.54, 1.807) is 6.20 Å². The van der Waals surface area contributed by atoms with Crippen molar-refractivity contribution >= 4 is 16.9 Å². The molecular weight excluding hydrogens is 274 g/mol. The van der Waals surface area contributed by atoms with Crippen molar-refractivity contribution in [1.29, 1.82) is 0 Å². The van der Waals surface area contributed by atoms with Crippen molar-refractivity contribution in [2.45, 2.75) is 18.9 Å². The number of rotatable bonds is 2. The van der Waals surface area contributed by atoms with Crippen molar-refractivity contribution in [3.8, 4) is 0 Å². The summed E-state index contributed by atoms with van der Waals surface area (Å²) in [5, 5.41) is 4.12. The number of amides is 1. The fourth-order valence-corrected chi connectivity index (χ4v) is 3.21. The highest BCUT2D eigenvalue weighted by molar-refractivity contribution is 5.97. The molecule has 3 aromatic rings. The average Bonchev–Trinajstić information content (AvgIpc) is 3.10. The molecule has 0 bridgehead atoms. The molecule has 0 saturated carbocycles. The molecule has 2 heterocycles. The van der Waals surface area contributed by atoms with Gasteiger partial charge in [-0.2, -0.15) is 0 Å². The Morgan fingerprint density at radius 3 is 2.68 bits per heavy atom. The molecule has 4 nitrogen and oxygen atoms in total. The minimum Gasteiger partial charge on any atom is -0.349 e. The van der Waals surface area contributed by atoms with Crippen molar-refractivity contribution in [3.05, 3.63) is 65.5 Å². The van der Waals surface area contributed by atoms with Gasteiger partial charge in [0, 0.05) is 30.9 Å². The Hall–Kier alpha value is -2.62. The second-order valence-electron chi connectivity index (χ2n) is 5.91. The fraction of sp³-hybridized carbons (Fsp3) is 0.222. The van der Waals surface area contributed by atoms with Crippen molar-refractivity contribution < 1.29 is 4.79 Å². The molecule has 0 fully saturated rings. The smallest absolute Gasteiger partial charge is 0.253 e. The van der Waals surface area contributed by atoms with Crippen LogP contribution >= 0.6 is 0 Å². The molecule has 1 N–H and O–H groups in total. The fourth-order valence-electron chi connectivity index (χ4n) is 3.21. The van der Waals surface area contributed by atoms with Gasteiger partial charge in [0.15, 0.2) is 0 Å². The molecule has 0 saturated heterocycles. The highest BCUT2D eigenvalue weighted by Crippen LogP contribution is 2.22. The number of aryl methyl sites for hydroxylation is 1. The lowest BCUT2D eigenvalue weighted by Gasteiger charge is -2.12. The summed E-state index contributed by atoms with van der Waals surface area (Å²) < 4.78 is 1.95. The normalized spacial score (nSPS) is 14.2. The summed E-state index contributed by atoms with van der Waals surface area (Å²) >= 11 is 0. The van der Waals surface area contributed by atoms with E-state index in [0.29, 0.717) is 5.56 Å². The lowest BCUT2D eigenvalue weighted by atomic mass is 10.1. The van der Waals surface area contributed by atoms with Crippen LogP contribution in [0.4, 0.5) is 0 Å². The molecule has 0 unspecified atom stereocenters. The third kappa shape index (κ3) is 2.17. The molecule has 22 heavy (non-hydrogen) atoms. The maximum atomic E-state index is 12.4. The summed E-state index contributed by atoms with van der Waals surface area (Å²) in [6.07, 6.45) is 5.42. The molecule has 4 rings (SSSR count). The molecular formula is C18H17N3O. The van der Waals surface area contributed by atoms with Gasteiger partial charge in [-0.05, 0) is 36.1 Å². The van der Waals surface area contributed by atoms with E-state index >= 15 is 0 Å². The number of aromatic nitrogens is 2. The topological polar surface area (TPSA) is 46.9 Å². The van der Waals surface area contributed by atoms with Crippen LogP contribution in [0.15, 0.2) is 48.8 Å². The quantitative estimate of drug-likeness (QED) is 0.788. The Bertz CT molecular complexity index is 841. The summed E-state index contributed by atoms with van der Waals surface area (Å²) in [5.74, 6) is -0.0453. The van der Waals surface area contributed by atoms with E-state index in [2.05, 4.69) is 34.6 Å². The highest BCUT2D eigenvalue weighted by atomic mass is 16.1. The minimum atomic E-state index is -0.0453. The van der Waals surface area contributed by atoms with E-state index in [-0.39, 0.29) is 11.9 Å². The van der Waals surface area contributed by atoms with Crippen LogP contribution < -0.4 is 5.32 Å². The van der Waals surface area contributed by atoms with Gasteiger partial charge < -0.3 is 9.88 Å². The Labute approximate surface area is 128 Å². The summed E-state index contributed by atoms with van der Waals surface area (Å²) in [6.45, 7) is 0. The Morgan fingerprint density at radius 1 is 1.23 bits per heavy atom. The maximum absolute atomic E-state index is 12.4. The Balaban J connectivity index is 1.52. The van der Waals surface area contributed by atoms with E-state index < -0.39 is 0 Å². The number of fused-ring (bicyclic) bond motifs is 2. The van der Waals surface area contributed by atoms with Crippen LogP contribution in [0.3, 0.4) is 0 Å². The van der Waals surface area contributed by atoms with Crippen LogP contribution in [0.1, 0.15) is 21.5 Å². The molecule has 0 radical (unpaired) electrons. The maximum Gasteiger partial charge on any atom is 0.253 e. The van der Waals surface area contributed by atoms with Gasteiger partial charge in [0.05, 0.1) is 5.56 Å². The minimum absolute atomic E-state index is 0.0453. The molecule has 0 atom stereocenters. The predicted octanol–water partition coefficient (Wildman–Crippen LogP) is 2.47. The molecule has 1 aliphatic carbocycles. The lowest BCUT2D eigenvalue weighted by Crippen LogP contribution is -2.35. The van der Waals surface area contributed by atoms with Crippen molar-refractivity contribution in [3.63, 3.8) is 0 Å². The SMILES string of the molecule is Cn1ccc2cc(C(=O)NC3Cc4ccccc4C3)cnc21. The number of nitrogens with one attached hydrogen (secondary N) is 1. The molecule has 2 aromatic heterocycles. The number of hydrogen-bond acceptors (Lipinski definition) is 2. The summed E-state index contributed by atoms with van der Waals surface area (Å²) in [4.78, 5) is 16.8. The van der Waals surface area contributed by atoms with Crippen LogP contribution in [-0.4, -0.2) is 21.5 Å². The highest BCUT2D eigenvalue weighted by Gasteiger charge is 2.23. The van der Waals surface area contributed by atoms with Crippen LogP contribution in [0.5, 0.6) is 0 Å². The van der Waals surface area contributed by atoms with Gasteiger partial charge in [-0.25, -0.2) is 4.98 Å². The summed E-state index contributed by atoms with van der Waals surface area (Å²) in [6, 6.07) is 12.4. The molecule has 0 aliphatic heterocycles. The van der Waals surface area contributed by atoms with Gasteiger partial charge in [-0.15, -0.1) is 0 Å². The van der Waals surface area contributed by atoms with Crippen LogP contribution in [0, 0.1) is 0 Å². The number of carbonyl (C=O) groups excluding carboxylic acids is 1. The largest absolute Gasteiger partial charge is 0.349 e. The zero-order valence-corrected chi connectivity index (χ0v) is 12.4. The average molecular weight is 291 g/mol. The van der Waals surface area contributed by atoms with E-state index in [4.69, 9.17) is 0 Å². The molecule has 0 spiro atoms. The zero-order chi connectivity index (χ0) is 15.1. The Morgan fingerprint density at radius 2 is 1.95 bits per heavy atom. The standard InChI is InChI=1S/C18H17N3O/c1-21-7-6-14-8-15(11-19-17(14)21)18(22)20-16-9-12-4-2-3-5-13(12)10-16/h2-8,11,16H,9-10H2,1H3,(H,20,22). The number of benzene rings is 1. The first-order valence-electron chi connectivity index (χ1n) is 7.49. The Kier molecular flexibility index (Phi) is 2.96. The number of carbonyl (C=O) groups is 1. The third-order valence-electron chi connectivity index (χ3n) is 4.36. The van der Waals surface area contributed by atoms with Crippen molar-refractivity contribution in [2.24, 2.45) is 7.05 Å². The molecule has 110 valence electrons. The van der Waals surface area contributed by atoms with Gasteiger partial charge in [0.1, 0.15) is 5.65 Å². The monoisotopic (exact) mass is 291 g/mol. The van der Waals surface area contributed by atoms with E-state index in [0.717, 1.165) is 23.9 Å². The number of nitrogens with zero attached hydrogens (tertiary/aromatic N) is 2. The first kappa shape index (κ1) is 13.1. The zero-order valence-electron chi connectivity index (χ0n) is 12.4. The molecule has 1 aromatic carbocycles. The summed E-state index contributed by atoms with van der Waals surface area (Å²) in [5.41, 5.74) is 4.19. The first-order chi connectivity index (χ1) is 10.7. The van der Waals surface area contributed by atoms with E-state index in [1.807, 2.05) is 29.9 Å². The summed E-state index contributed by atoms with van der Waals surface area (Å²) in [7, 11) is 1.95. The predicted molar refractivity (Wildman–Crippen MR) is 85.8 cm³/mol. The van der Waals surface area contributed by atoms with E-state index in [9.17, 15) is 4.79 Å². The molecule has 4 heteroatoms. The van der Waals surface area contributed by atoms with Gasteiger partial charge >= 0.3 is 0 Å². The van der Waals surface area contributed by atoms with Gasteiger partial charge in [-0.1, -0.05) is 24.3 Å². The second kappa shape index (κ2) is 4.98. The second-order valence-corrected chi connectivity index (χ2v) is 5.91. The van der Waals surface area contributed by atoms with Crippen LogP contribution in [0.2, 0.25) is 0 Å². The van der Waals surface area contributed by atoms with Crippen molar-refractivity contribution in [1.82, 2.24) is 14.9 Å². The molecule has 1 aliphatic rings. The van der Waals surface area contributed by atoms with Crippen molar-refractivity contribution in [2.75, 3.05) is 0 Å². The number of pyridine rings is 1. The number of hydrogen-bond donors (Lipinski definition) is 1. The van der Waals surface area contributed by atoms with Gasteiger partial charge in [-0.3, -0.25) is 4.79 Å². The first-order valence-corrected chi connectivity index (χ1v) is 7.49. The molecule has 1 amide bonds. The third-order valence-corrected chi connectivity index (χ3v) is 4.36.